The molecule has 7 aromatic carbocycles. The van der Waals surface area contributed by atoms with Crippen molar-refractivity contribution < 1.29 is 0 Å². The van der Waals surface area contributed by atoms with E-state index in [0.717, 1.165) is 0 Å². The van der Waals surface area contributed by atoms with Gasteiger partial charge in [-0.25, -0.2) is 0 Å². The van der Waals surface area contributed by atoms with Gasteiger partial charge in [0.25, 0.3) is 0 Å². The average molecular weight is 486 g/mol. The minimum Gasteiger partial charge on any atom is -0.309 e. The molecule has 8 aromatic rings. The predicted octanol–water partition coefficient (Wildman–Crippen LogP) is 10.5. The molecule has 1 nitrogen and oxygen atoms in total. The molecule has 0 fully saturated rings. The summed E-state index contributed by atoms with van der Waals surface area (Å²) in [7, 11) is 0. The molecular weight excluding hydrogens is 458 g/mol. The van der Waals surface area contributed by atoms with E-state index < -0.39 is 0 Å². The minimum atomic E-state index is 0.514. The summed E-state index contributed by atoms with van der Waals surface area (Å²) in [6.45, 7) is 4.54. The highest BCUT2D eigenvalue weighted by atomic mass is 15.0. The van der Waals surface area contributed by atoms with Crippen LogP contribution in [0.2, 0.25) is 0 Å². The molecule has 8 rings (SSSR count). The van der Waals surface area contributed by atoms with Crippen molar-refractivity contribution in [3.8, 4) is 16.8 Å². The van der Waals surface area contributed by atoms with Gasteiger partial charge in [0.2, 0.25) is 0 Å². The number of hydrogen-bond acceptors (Lipinski definition) is 0. The minimum absolute atomic E-state index is 0.514. The molecule has 1 heterocycles. The van der Waals surface area contributed by atoms with Gasteiger partial charge < -0.3 is 4.57 Å². The molecule has 0 radical (unpaired) electrons. The topological polar surface area (TPSA) is 4.93 Å². The van der Waals surface area contributed by atoms with Crippen LogP contribution in [0, 0.1) is 0 Å². The fraction of sp³-hybridized carbons (Fsp3) is 0.0811. The molecule has 0 saturated carbocycles. The first-order valence-electron chi connectivity index (χ1n) is 13.5. The Kier molecular flexibility index (Phi) is 4.48. The Morgan fingerprint density at radius 3 is 1.74 bits per heavy atom. The Labute approximate surface area is 221 Å². The molecule has 0 aliphatic rings. The van der Waals surface area contributed by atoms with Crippen LogP contribution in [0.3, 0.4) is 0 Å². The molecule has 38 heavy (non-hydrogen) atoms. The quantitative estimate of drug-likeness (QED) is 0.219. The summed E-state index contributed by atoms with van der Waals surface area (Å²) < 4.78 is 2.38. The second kappa shape index (κ2) is 7.94. The van der Waals surface area contributed by atoms with Crippen LogP contribution in [0.25, 0.3) is 70.9 Å². The van der Waals surface area contributed by atoms with Gasteiger partial charge in [-0.15, -0.1) is 0 Å². The fourth-order valence-electron chi connectivity index (χ4n) is 6.42. The molecule has 0 aliphatic carbocycles. The lowest BCUT2D eigenvalue weighted by molar-refractivity contribution is 0.870. The molecule has 0 N–H and O–H groups in total. The first-order valence-corrected chi connectivity index (χ1v) is 13.5. The van der Waals surface area contributed by atoms with Crippen molar-refractivity contribution in [1.82, 2.24) is 4.57 Å². The lowest BCUT2D eigenvalue weighted by Crippen LogP contribution is -1.94. The molecule has 0 unspecified atom stereocenters. The van der Waals surface area contributed by atoms with Gasteiger partial charge in [-0.1, -0.05) is 111 Å². The number of aromatic nitrogens is 1. The Morgan fingerprint density at radius 1 is 0.500 bits per heavy atom. The van der Waals surface area contributed by atoms with Crippen molar-refractivity contribution in [3.05, 3.63) is 127 Å². The summed E-state index contributed by atoms with van der Waals surface area (Å²) in [5.41, 5.74) is 7.60. The number of nitrogens with zero attached hydrogens (tertiary/aromatic N) is 1. The second-order valence-electron chi connectivity index (χ2n) is 10.8. The summed E-state index contributed by atoms with van der Waals surface area (Å²) in [6.07, 6.45) is 0. The molecule has 0 amide bonds. The normalized spacial score (nSPS) is 12.2. The summed E-state index contributed by atoms with van der Waals surface area (Å²) in [5, 5.41) is 10.6. The largest absolute Gasteiger partial charge is 0.309 e. The van der Waals surface area contributed by atoms with Crippen molar-refractivity contribution in [1.29, 1.82) is 0 Å². The number of para-hydroxylation sites is 2. The van der Waals surface area contributed by atoms with Gasteiger partial charge in [0.05, 0.1) is 11.0 Å². The Morgan fingerprint density at radius 2 is 1.08 bits per heavy atom. The SMILES string of the molecule is CC(C)c1cc2ccc3ccc(-c4ccc(-n5c6ccccc6c6ccccc65)cc4)c4ccc(c1)c2c34. The van der Waals surface area contributed by atoms with E-state index in [0.29, 0.717) is 5.92 Å². The summed E-state index contributed by atoms with van der Waals surface area (Å²) in [6, 6.07) is 45.0. The smallest absolute Gasteiger partial charge is 0.0541 e. The molecular formula is C37H27N. The Hall–Kier alpha value is -4.62. The van der Waals surface area contributed by atoms with E-state index in [1.54, 1.807) is 0 Å². The summed E-state index contributed by atoms with van der Waals surface area (Å²) >= 11 is 0. The van der Waals surface area contributed by atoms with Crippen LogP contribution in [0.5, 0.6) is 0 Å². The van der Waals surface area contributed by atoms with Crippen LogP contribution in [0.4, 0.5) is 0 Å². The van der Waals surface area contributed by atoms with Crippen LogP contribution in [0.1, 0.15) is 25.3 Å². The van der Waals surface area contributed by atoms with E-state index in [1.807, 2.05) is 0 Å². The Balaban J connectivity index is 1.32. The van der Waals surface area contributed by atoms with E-state index in [1.165, 1.54) is 76.5 Å². The zero-order chi connectivity index (χ0) is 25.4. The van der Waals surface area contributed by atoms with Gasteiger partial charge in [-0.2, -0.15) is 0 Å². The Bertz CT molecular complexity index is 2070. The van der Waals surface area contributed by atoms with Crippen LogP contribution >= 0.6 is 0 Å². The van der Waals surface area contributed by atoms with Gasteiger partial charge in [0.15, 0.2) is 0 Å². The maximum atomic E-state index is 2.38. The van der Waals surface area contributed by atoms with Crippen LogP contribution < -0.4 is 0 Å². The van der Waals surface area contributed by atoms with E-state index in [9.17, 15) is 0 Å². The third-order valence-corrected chi connectivity index (χ3v) is 8.30. The zero-order valence-electron chi connectivity index (χ0n) is 21.6. The molecule has 1 heteroatoms. The number of hydrogen-bond donors (Lipinski definition) is 0. The monoisotopic (exact) mass is 485 g/mol. The standard InChI is InChI=1S/C37H27N/c1-23(2)28-21-26-12-11-25-15-19-30(33-20-16-27(22-28)36(26)37(25)33)24-13-17-29(18-14-24)38-34-9-5-3-7-31(34)32-8-4-6-10-35(32)38/h3-23H,1-2H3. The fourth-order valence-corrected chi connectivity index (χ4v) is 6.42. The van der Waals surface area contributed by atoms with Crippen LogP contribution in [0.15, 0.2) is 121 Å². The van der Waals surface area contributed by atoms with Crippen LogP contribution in [-0.4, -0.2) is 4.57 Å². The van der Waals surface area contributed by atoms with Gasteiger partial charge >= 0.3 is 0 Å². The molecule has 0 aliphatic heterocycles. The summed E-state index contributed by atoms with van der Waals surface area (Å²) in [5.74, 6) is 0.514. The van der Waals surface area contributed by atoms with E-state index in [-0.39, 0.29) is 0 Å². The van der Waals surface area contributed by atoms with Crippen molar-refractivity contribution >= 4 is 54.1 Å². The number of rotatable bonds is 3. The van der Waals surface area contributed by atoms with Gasteiger partial charge in [0, 0.05) is 16.5 Å². The number of fused-ring (bicyclic) bond motifs is 3. The van der Waals surface area contributed by atoms with Crippen LogP contribution in [-0.2, 0) is 0 Å². The summed E-state index contributed by atoms with van der Waals surface area (Å²) in [4.78, 5) is 0. The third kappa shape index (κ3) is 2.99. The molecule has 1 aromatic heterocycles. The lowest BCUT2D eigenvalue weighted by Gasteiger charge is -2.16. The lowest BCUT2D eigenvalue weighted by atomic mass is 9.88. The highest BCUT2D eigenvalue weighted by Gasteiger charge is 2.15. The predicted molar refractivity (Wildman–Crippen MR) is 164 cm³/mol. The first kappa shape index (κ1) is 21.5. The van der Waals surface area contributed by atoms with Gasteiger partial charge in [-0.3, -0.25) is 0 Å². The van der Waals surface area contributed by atoms with E-state index in [4.69, 9.17) is 0 Å². The maximum Gasteiger partial charge on any atom is 0.0541 e. The van der Waals surface area contributed by atoms with E-state index >= 15 is 0 Å². The molecule has 0 bridgehead atoms. The third-order valence-electron chi connectivity index (χ3n) is 8.30. The average Bonchev–Trinajstić information content (AvgIpc) is 3.30. The maximum absolute atomic E-state index is 2.38. The first-order chi connectivity index (χ1) is 18.7. The highest BCUT2D eigenvalue weighted by molar-refractivity contribution is 6.25. The second-order valence-corrected chi connectivity index (χ2v) is 10.8. The van der Waals surface area contributed by atoms with Crippen molar-refractivity contribution in [2.24, 2.45) is 0 Å². The van der Waals surface area contributed by atoms with Crippen molar-refractivity contribution in [3.63, 3.8) is 0 Å². The highest BCUT2D eigenvalue weighted by Crippen LogP contribution is 2.41. The molecule has 0 saturated heterocycles. The molecule has 180 valence electrons. The van der Waals surface area contributed by atoms with E-state index in [2.05, 4.69) is 140 Å². The van der Waals surface area contributed by atoms with Crippen molar-refractivity contribution in [2.45, 2.75) is 19.8 Å². The molecule has 0 spiro atoms. The zero-order valence-corrected chi connectivity index (χ0v) is 21.6. The molecule has 0 atom stereocenters. The van der Waals surface area contributed by atoms with Crippen molar-refractivity contribution in [2.75, 3.05) is 0 Å². The van der Waals surface area contributed by atoms with Gasteiger partial charge in [0.1, 0.15) is 0 Å². The van der Waals surface area contributed by atoms with Gasteiger partial charge in [-0.05, 0) is 79.2 Å². The number of benzene rings is 7.